The van der Waals surface area contributed by atoms with Crippen LogP contribution >= 0.6 is 11.6 Å². The average molecular weight is 451 g/mol. The van der Waals surface area contributed by atoms with Crippen LogP contribution in [0.4, 0.5) is 21.5 Å². The van der Waals surface area contributed by atoms with E-state index in [1.165, 1.54) is 31.3 Å². The number of amides is 1. The van der Waals surface area contributed by atoms with Crippen LogP contribution in [0.2, 0.25) is 5.02 Å². The van der Waals surface area contributed by atoms with Crippen molar-refractivity contribution in [2.75, 3.05) is 36.5 Å². The van der Waals surface area contributed by atoms with Gasteiger partial charge in [-0.3, -0.25) is 14.9 Å². The molecule has 31 heavy (non-hydrogen) atoms. The molecule has 1 unspecified atom stereocenters. The molecule has 3 rings (SSSR count). The normalized spacial score (nSPS) is 15.0. The highest BCUT2D eigenvalue weighted by Crippen LogP contribution is 2.29. The fraction of sp³-hybridized carbons (Fsp3) is 0.300. The summed E-state index contributed by atoms with van der Waals surface area (Å²) in [6, 6.07) is 8.50. The van der Waals surface area contributed by atoms with Gasteiger partial charge in [0.05, 0.1) is 29.4 Å². The summed E-state index contributed by atoms with van der Waals surface area (Å²) in [5, 5.41) is 17.7. The summed E-state index contributed by atoms with van der Waals surface area (Å²) in [6.45, 7) is 3.64. The smallest absolute Gasteiger partial charge is 0.293 e. The van der Waals surface area contributed by atoms with Gasteiger partial charge in [0.2, 0.25) is 6.10 Å². The Morgan fingerprint density at radius 3 is 2.77 bits per heavy atom. The zero-order chi connectivity index (χ0) is 22.4. The number of rotatable bonds is 7. The Kier molecular flexibility index (Phi) is 7.37. The van der Waals surface area contributed by atoms with Gasteiger partial charge in [-0.2, -0.15) is 0 Å². The second kappa shape index (κ2) is 10.2. The van der Waals surface area contributed by atoms with Crippen LogP contribution in [0.1, 0.15) is 12.5 Å². The first kappa shape index (κ1) is 22.4. The molecule has 9 nitrogen and oxygen atoms in total. The number of carbonyl (C=O) groups excluding carboxylic acids is 1. The fourth-order valence-electron chi connectivity index (χ4n) is 2.89. The number of ether oxygens (including phenoxy) is 1. The molecular formula is C20H20ClFN4O5. The van der Waals surface area contributed by atoms with Crippen molar-refractivity contribution in [2.24, 2.45) is 5.16 Å². The number of carbonyl (C=O) groups is 1. The number of nitrogens with zero attached hydrogens (tertiary/aromatic N) is 3. The van der Waals surface area contributed by atoms with Crippen LogP contribution in [0.25, 0.3) is 0 Å². The van der Waals surface area contributed by atoms with Gasteiger partial charge in [0.25, 0.3) is 11.6 Å². The van der Waals surface area contributed by atoms with Crippen molar-refractivity contribution in [2.45, 2.75) is 13.0 Å². The fourth-order valence-corrected chi connectivity index (χ4v) is 3.07. The van der Waals surface area contributed by atoms with Gasteiger partial charge < -0.3 is 19.8 Å². The lowest BCUT2D eigenvalue weighted by Gasteiger charge is -2.28. The number of oxime groups is 1. The van der Waals surface area contributed by atoms with E-state index in [1.807, 2.05) is 4.90 Å². The standard InChI is InChI=1S/C20H20ClFN4O5/c1-13(20(27)24-15-3-4-17(22)16(21)11-15)31-23-12-14-2-5-18(19(10-14)26(28)29)25-6-8-30-9-7-25/h2-5,10-13H,6-9H2,1H3,(H,24,27). The van der Waals surface area contributed by atoms with E-state index >= 15 is 0 Å². The minimum atomic E-state index is -0.970. The molecule has 1 heterocycles. The number of nitrogens with one attached hydrogen (secondary N) is 1. The molecule has 0 aromatic heterocycles. The molecule has 2 aromatic carbocycles. The van der Waals surface area contributed by atoms with Gasteiger partial charge >= 0.3 is 0 Å². The molecule has 1 aliphatic rings. The number of benzene rings is 2. The van der Waals surface area contributed by atoms with Crippen LogP contribution in [0.3, 0.4) is 0 Å². The van der Waals surface area contributed by atoms with Crippen molar-refractivity contribution in [3.05, 3.63) is 62.9 Å². The van der Waals surface area contributed by atoms with E-state index in [2.05, 4.69) is 10.5 Å². The van der Waals surface area contributed by atoms with Crippen LogP contribution in [0.5, 0.6) is 0 Å². The summed E-state index contributed by atoms with van der Waals surface area (Å²) in [6.07, 6.45) is 0.317. The van der Waals surface area contributed by atoms with Crippen molar-refractivity contribution < 1.29 is 23.7 Å². The maximum Gasteiger partial charge on any atom is 0.293 e. The van der Waals surface area contributed by atoms with Crippen molar-refractivity contribution in [1.29, 1.82) is 0 Å². The molecule has 0 bridgehead atoms. The topological polar surface area (TPSA) is 106 Å². The van der Waals surface area contributed by atoms with Gasteiger partial charge in [-0.1, -0.05) is 22.8 Å². The zero-order valence-corrected chi connectivity index (χ0v) is 17.3. The van der Waals surface area contributed by atoms with E-state index in [1.54, 1.807) is 12.1 Å². The third-order valence-electron chi connectivity index (χ3n) is 4.53. The number of morpholine rings is 1. The summed E-state index contributed by atoms with van der Waals surface area (Å²) in [4.78, 5) is 30.2. The summed E-state index contributed by atoms with van der Waals surface area (Å²) < 4.78 is 18.5. The third kappa shape index (κ3) is 5.89. The van der Waals surface area contributed by atoms with Crippen molar-refractivity contribution in [3.8, 4) is 0 Å². The molecule has 1 atom stereocenters. The number of hydrogen-bond acceptors (Lipinski definition) is 7. The van der Waals surface area contributed by atoms with Crippen LogP contribution in [-0.4, -0.2) is 49.5 Å². The Hall–Kier alpha value is -3.24. The van der Waals surface area contributed by atoms with E-state index < -0.39 is 22.8 Å². The zero-order valence-electron chi connectivity index (χ0n) is 16.6. The predicted molar refractivity (Wildman–Crippen MR) is 114 cm³/mol. The predicted octanol–water partition coefficient (Wildman–Crippen LogP) is 3.60. The maximum absolute atomic E-state index is 13.2. The average Bonchev–Trinajstić information content (AvgIpc) is 2.76. The molecule has 1 amide bonds. The van der Waals surface area contributed by atoms with Gasteiger partial charge in [-0.05, 0) is 31.2 Å². The monoisotopic (exact) mass is 450 g/mol. The van der Waals surface area contributed by atoms with E-state index in [9.17, 15) is 19.3 Å². The lowest BCUT2D eigenvalue weighted by Crippen LogP contribution is -2.36. The van der Waals surface area contributed by atoms with Crippen LogP contribution in [0, 0.1) is 15.9 Å². The lowest BCUT2D eigenvalue weighted by atomic mass is 10.1. The Morgan fingerprint density at radius 1 is 1.35 bits per heavy atom. The molecular weight excluding hydrogens is 431 g/mol. The van der Waals surface area contributed by atoms with Crippen LogP contribution in [0.15, 0.2) is 41.6 Å². The molecule has 11 heteroatoms. The summed E-state index contributed by atoms with van der Waals surface area (Å²) in [7, 11) is 0. The molecule has 0 radical (unpaired) electrons. The van der Waals surface area contributed by atoms with Crippen molar-refractivity contribution >= 4 is 40.8 Å². The SMILES string of the molecule is CC(ON=Cc1ccc(N2CCOCC2)c([N+](=O)[O-])c1)C(=O)Nc1ccc(F)c(Cl)c1. The summed E-state index contributed by atoms with van der Waals surface area (Å²) in [5.41, 5.74) is 1.22. The van der Waals surface area contributed by atoms with E-state index in [4.69, 9.17) is 21.2 Å². The second-order valence-electron chi connectivity index (χ2n) is 6.70. The van der Waals surface area contributed by atoms with Gasteiger partial charge in [0, 0.05) is 30.4 Å². The molecule has 1 aliphatic heterocycles. The molecule has 164 valence electrons. The van der Waals surface area contributed by atoms with Gasteiger partial charge in [-0.15, -0.1) is 0 Å². The van der Waals surface area contributed by atoms with E-state index in [0.29, 0.717) is 43.2 Å². The number of halogens is 2. The number of anilines is 2. The highest BCUT2D eigenvalue weighted by Gasteiger charge is 2.22. The third-order valence-corrected chi connectivity index (χ3v) is 4.81. The first-order valence-electron chi connectivity index (χ1n) is 9.41. The molecule has 1 fully saturated rings. The molecule has 0 saturated carbocycles. The Labute approximate surface area is 182 Å². The second-order valence-corrected chi connectivity index (χ2v) is 7.11. The highest BCUT2D eigenvalue weighted by molar-refractivity contribution is 6.31. The molecule has 0 aliphatic carbocycles. The minimum Gasteiger partial charge on any atom is -0.383 e. The van der Waals surface area contributed by atoms with Gasteiger partial charge in [0.1, 0.15) is 11.5 Å². The molecule has 1 saturated heterocycles. The van der Waals surface area contributed by atoms with Crippen LogP contribution in [-0.2, 0) is 14.4 Å². The van der Waals surface area contributed by atoms with Crippen molar-refractivity contribution in [1.82, 2.24) is 0 Å². The van der Waals surface area contributed by atoms with E-state index in [0.717, 1.165) is 6.07 Å². The number of nitro benzene ring substituents is 1. The van der Waals surface area contributed by atoms with Crippen molar-refractivity contribution in [3.63, 3.8) is 0 Å². The Morgan fingerprint density at radius 2 is 2.10 bits per heavy atom. The van der Waals surface area contributed by atoms with Gasteiger partial charge in [0.15, 0.2) is 0 Å². The number of hydrogen-bond donors (Lipinski definition) is 1. The number of nitro groups is 1. The molecule has 2 aromatic rings. The Balaban J connectivity index is 1.62. The quantitative estimate of drug-likeness (QED) is 0.392. The summed E-state index contributed by atoms with van der Waals surface area (Å²) >= 11 is 5.69. The van der Waals surface area contributed by atoms with E-state index in [-0.39, 0.29) is 10.7 Å². The Bertz CT molecular complexity index is 998. The first-order valence-corrected chi connectivity index (χ1v) is 9.79. The highest BCUT2D eigenvalue weighted by atomic mass is 35.5. The molecule has 1 N–H and O–H groups in total. The summed E-state index contributed by atoms with van der Waals surface area (Å²) in [5.74, 6) is -1.12. The molecule has 0 spiro atoms. The maximum atomic E-state index is 13.2. The van der Waals surface area contributed by atoms with Gasteiger partial charge in [-0.25, -0.2) is 4.39 Å². The first-order chi connectivity index (χ1) is 14.8. The minimum absolute atomic E-state index is 0.0511. The van der Waals surface area contributed by atoms with Crippen LogP contribution < -0.4 is 10.2 Å². The largest absolute Gasteiger partial charge is 0.383 e. The lowest BCUT2D eigenvalue weighted by molar-refractivity contribution is -0.384.